The minimum absolute atomic E-state index is 0.749. The Kier molecular flexibility index (Phi) is 3.68. The Labute approximate surface area is 123 Å². The predicted octanol–water partition coefficient (Wildman–Crippen LogP) is 2.02. The Hall–Kier alpha value is -2.63. The van der Waals surface area contributed by atoms with Gasteiger partial charge in [-0.2, -0.15) is 5.10 Å². The maximum Gasteiger partial charge on any atom is 0.142 e. The lowest BCUT2D eigenvalue weighted by Crippen LogP contribution is -2.08. The third-order valence-electron chi connectivity index (χ3n) is 3.34. The first-order valence-corrected chi connectivity index (χ1v) is 6.79. The van der Waals surface area contributed by atoms with Gasteiger partial charge in [-0.25, -0.2) is 0 Å². The fourth-order valence-corrected chi connectivity index (χ4v) is 2.27. The summed E-state index contributed by atoms with van der Waals surface area (Å²) >= 11 is 0. The topological polar surface area (TPSA) is 57.8 Å². The lowest BCUT2D eigenvalue weighted by molar-refractivity contribution is 0.412. The third kappa shape index (κ3) is 2.79. The van der Waals surface area contributed by atoms with Crippen molar-refractivity contribution in [1.29, 1.82) is 0 Å². The molecule has 3 rings (SSSR count). The smallest absolute Gasteiger partial charge is 0.142 e. The molecule has 2 heterocycles. The zero-order valence-corrected chi connectivity index (χ0v) is 12.1. The highest BCUT2D eigenvalue weighted by Crippen LogP contribution is 2.24. The largest absolute Gasteiger partial charge is 0.495 e. The summed E-state index contributed by atoms with van der Waals surface area (Å²) in [5.41, 5.74) is 2.12. The van der Waals surface area contributed by atoms with E-state index in [9.17, 15) is 0 Å². The maximum atomic E-state index is 5.44. The van der Waals surface area contributed by atoms with Crippen LogP contribution in [0, 0.1) is 6.92 Å². The van der Waals surface area contributed by atoms with E-state index >= 15 is 0 Å². The van der Waals surface area contributed by atoms with Gasteiger partial charge < -0.3 is 4.74 Å². The first kappa shape index (κ1) is 13.4. The van der Waals surface area contributed by atoms with E-state index in [4.69, 9.17) is 4.74 Å². The standard InChI is InChI=1S/C15H17N5O/c1-12-4-5-14(21-2)13(10-12)20-11-16-18-15(20)6-9-19-8-3-7-17-19/h3-5,7-8,10-11H,6,9H2,1-2H3. The molecule has 6 heteroatoms. The highest BCUT2D eigenvalue weighted by atomic mass is 16.5. The van der Waals surface area contributed by atoms with Crippen LogP contribution in [-0.2, 0) is 13.0 Å². The first-order valence-electron chi connectivity index (χ1n) is 6.79. The average Bonchev–Trinajstić information content (AvgIpc) is 3.16. The van der Waals surface area contributed by atoms with Crippen LogP contribution in [0.3, 0.4) is 0 Å². The van der Waals surface area contributed by atoms with Crippen molar-refractivity contribution in [2.75, 3.05) is 7.11 Å². The van der Waals surface area contributed by atoms with Crippen LogP contribution in [0.5, 0.6) is 5.75 Å². The monoisotopic (exact) mass is 283 g/mol. The molecule has 0 aliphatic heterocycles. The molecule has 0 aliphatic rings. The van der Waals surface area contributed by atoms with Gasteiger partial charge in [0.15, 0.2) is 0 Å². The second-order valence-corrected chi connectivity index (χ2v) is 4.81. The Bertz CT molecular complexity index is 718. The van der Waals surface area contributed by atoms with Crippen LogP contribution in [0.1, 0.15) is 11.4 Å². The average molecular weight is 283 g/mol. The summed E-state index contributed by atoms with van der Waals surface area (Å²) in [5.74, 6) is 1.69. The van der Waals surface area contributed by atoms with Gasteiger partial charge >= 0.3 is 0 Å². The van der Waals surface area contributed by atoms with Crippen LogP contribution in [0.2, 0.25) is 0 Å². The number of methoxy groups -OCH3 is 1. The molecule has 0 aliphatic carbocycles. The Morgan fingerprint density at radius 1 is 1.29 bits per heavy atom. The number of rotatable bonds is 5. The van der Waals surface area contributed by atoms with Gasteiger partial charge in [0, 0.05) is 25.4 Å². The predicted molar refractivity (Wildman–Crippen MR) is 78.6 cm³/mol. The van der Waals surface area contributed by atoms with E-state index in [1.54, 1.807) is 19.6 Å². The molecule has 0 saturated carbocycles. The van der Waals surface area contributed by atoms with Gasteiger partial charge in [-0.15, -0.1) is 10.2 Å². The van der Waals surface area contributed by atoms with Gasteiger partial charge in [-0.1, -0.05) is 6.07 Å². The van der Waals surface area contributed by atoms with E-state index in [1.165, 1.54) is 0 Å². The van der Waals surface area contributed by atoms with E-state index in [-0.39, 0.29) is 0 Å². The van der Waals surface area contributed by atoms with Crippen LogP contribution in [0.4, 0.5) is 0 Å². The number of hydrogen-bond acceptors (Lipinski definition) is 4. The molecule has 21 heavy (non-hydrogen) atoms. The fraction of sp³-hybridized carbons (Fsp3) is 0.267. The van der Waals surface area contributed by atoms with Gasteiger partial charge in [0.2, 0.25) is 0 Å². The summed E-state index contributed by atoms with van der Waals surface area (Å²) in [6.07, 6.45) is 6.18. The van der Waals surface area contributed by atoms with E-state index in [0.717, 1.165) is 35.8 Å². The van der Waals surface area contributed by atoms with Gasteiger partial charge in [-0.3, -0.25) is 9.25 Å². The Morgan fingerprint density at radius 3 is 2.95 bits per heavy atom. The van der Waals surface area contributed by atoms with Crippen molar-refractivity contribution in [2.45, 2.75) is 19.9 Å². The van der Waals surface area contributed by atoms with Crippen molar-refractivity contribution in [3.63, 3.8) is 0 Å². The molecule has 108 valence electrons. The summed E-state index contributed by atoms with van der Waals surface area (Å²) in [7, 11) is 1.67. The maximum absolute atomic E-state index is 5.44. The molecule has 6 nitrogen and oxygen atoms in total. The number of aryl methyl sites for hydroxylation is 3. The summed E-state index contributed by atoms with van der Waals surface area (Å²) in [5, 5.41) is 12.4. The molecule has 0 unspecified atom stereocenters. The molecule has 0 spiro atoms. The molecule has 3 aromatic rings. The normalized spacial score (nSPS) is 10.8. The molecule has 0 amide bonds. The second kappa shape index (κ2) is 5.78. The molecule has 2 aromatic heterocycles. The number of hydrogen-bond donors (Lipinski definition) is 0. The minimum atomic E-state index is 0.749. The minimum Gasteiger partial charge on any atom is -0.495 e. The molecule has 0 fully saturated rings. The van der Waals surface area contributed by atoms with E-state index < -0.39 is 0 Å². The number of aromatic nitrogens is 5. The molecule has 0 atom stereocenters. The van der Waals surface area contributed by atoms with Crippen molar-refractivity contribution in [2.24, 2.45) is 0 Å². The number of benzene rings is 1. The Morgan fingerprint density at radius 2 is 2.19 bits per heavy atom. The van der Waals surface area contributed by atoms with Crippen molar-refractivity contribution in [1.82, 2.24) is 24.5 Å². The highest BCUT2D eigenvalue weighted by molar-refractivity contribution is 5.49. The quantitative estimate of drug-likeness (QED) is 0.719. The summed E-state index contributed by atoms with van der Waals surface area (Å²) < 4.78 is 9.28. The van der Waals surface area contributed by atoms with Crippen LogP contribution in [0.15, 0.2) is 43.0 Å². The van der Waals surface area contributed by atoms with Crippen molar-refractivity contribution in [3.8, 4) is 11.4 Å². The molecule has 1 aromatic carbocycles. The van der Waals surface area contributed by atoms with Crippen LogP contribution >= 0.6 is 0 Å². The molecule has 0 bridgehead atoms. The lowest BCUT2D eigenvalue weighted by Gasteiger charge is -2.12. The van der Waals surface area contributed by atoms with Crippen LogP contribution in [-0.4, -0.2) is 31.7 Å². The molecular weight excluding hydrogens is 266 g/mol. The fourth-order valence-electron chi connectivity index (χ4n) is 2.27. The molecule has 0 radical (unpaired) electrons. The molecular formula is C15H17N5O. The van der Waals surface area contributed by atoms with Gasteiger partial charge in [0.1, 0.15) is 17.9 Å². The zero-order valence-electron chi connectivity index (χ0n) is 12.1. The van der Waals surface area contributed by atoms with Gasteiger partial charge in [-0.05, 0) is 30.7 Å². The zero-order chi connectivity index (χ0) is 14.7. The van der Waals surface area contributed by atoms with Crippen LogP contribution < -0.4 is 4.74 Å². The summed E-state index contributed by atoms with van der Waals surface area (Å²) in [6.45, 7) is 2.82. The summed E-state index contributed by atoms with van der Waals surface area (Å²) in [6, 6.07) is 7.96. The highest BCUT2D eigenvalue weighted by Gasteiger charge is 2.11. The Balaban J connectivity index is 1.90. The van der Waals surface area contributed by atoms with E-state index in [0.29, 0.717) is 0 Å². The van der Waals surface area contributed by atoms with E-state index in [2.05, 4.69) is 28.3 Å². The first-order chi connectivity index (χ1) is 10.3. The lowest BCUT2D eigenvalue weighted by atomic mass is 10.2. The van der Waals surface area contributed by atoms with Crippen LogP contribution in [0.25, 0.3) is 5.69 Å². The van der Waals surface area contributed by atoms with Gasteiger partial charge in [0.05, 0.1) is 12.8 Å². The third-order valence-corrected chi connectivity index (χ3v) is 3.34. The summed E-state index contributed by atoms with van der Waals surface area (Å²) in [4.78, 5) is 0. The van der Waals surface area contributed by atoms with Crippen molar-refractivity contribution >= 4 is 0 Å². The SMILES string of the molecule is COc1ccc(C)cc1-n1cnnc1CCn1cccn1. The van der Waals surface area contributed by atoms with Crippen molar-refractivity contribution < 1.29 is 4.74 Å². The van der Waals surface area contributed by atoms with Crippen molar-refractivity contribution in [3.05, 3.63) is 54.4 Å². The van der Waals surface area contributed by atoms with Gasteiger partial charge in [0.25, 0.3) is 0 Å². The number of ether oxygens (including phenoxy) is 1. The van der Waals surface area contributed by atoms with E-state index in [1.807, 2.05) is 33.6 Å². The molecule has 0 saturated heterocycles. The number of nitrogens with zero attached hydrogens (tertiary/aromatic N) is 5. The second-order valence-electron chi connectivity index (χ2n) is 4.81. The molecule has 0 N–H and O–H groups in total.